The maximum absolute atomic E-state index is 2.42. The van der Waals surface area contributed by atoms with Gasteiger partial charge in [0.1, 0.15) is 0 Å². The molecule has 4 unspecified atom stereocenters. The van der Waals surface area contributed by atoms with Crippen LogP contribution in [0.1, 0.15) is 87.0 Å². The zero-order valence-corrected chi connectivity index (χ0v) is 14.1. The molecule has 0 heteroatoms. The first kappa shape index (κ1) is 18.0. The monoisotopic (exact) mass is 254 g/mol. The molecule has 0 N–H and O–H groups in total. The summed E-state index contributed by atoms with van der Waals surface area (Å²) in [7, 11) is 0. The van der Waals surface area contributed by atoms with Gasteiger partial charge >= 0.3 is 0 Å². The molecule has 0 rings (SSSR count). The largest absolute Gasteiger partial charge is 0.0651 e. The molecule has 0 amide bonds. The van der Waals surface area contributed by atoms with Gasteiger partial charge < -0.3 is 0 Å². The van der Waals surface area contributed by atoms with Crippen LogP contribution in [0, 0.1) is 29.6 Å². The van der Waals surface area contributed by atoms with Gasteiger partial charge in [0, 0.05) is 0 Å². The molecule has 0 bridgehead atoms. The molecule has 4 atom stereocenters. The fourth-order valence-electron chi connectivity index (χ4n) is 2.96. The zero-order valence-electron chi connectivity index (χ0n) is 14.1. The average molecular weight is 255 g/mol. The Morgan fingerprint density at radius 3 is 1.61 bits per heavy atom. The van der Waals surface area contributed by atoms with Crippen LogP contribution in [0.15, 0.2) is 0 Å². The van der Waals surface area contributed by atoms with Crippen molar-refractivity contribution in [1.29, 1.82) is 0 Å². The van der Waals surface area contributed by atoms with Crippen LogP contribution in [0.5, 0.6) is 0 Å². The van der Waals surface area contributed by atoms with E-state index in [0.29, 0.717) is 0 Å². The number of rotatable bonds is 10. The third-order valence-electron chi connectivity index (χ3n) is 5.25. The summed E-state index contributed by atoms with van der Waals surface area (Å²) in [6, 6.07) is 0. The van der Waals surface area contributed by atoms with Gasteiger partial charge in [-0.2, -0.15) is 0 Å². The van der Waals surface area contributed by atoms with Gasteiger partial charge in [0.15, 0.2) is 0 Å². The molecule has 0 aliphatic carbocycles. The van der Waals surface area contributed by atoms with E-state index in [1.807, 2.05) is 0 Å². The Labute approximate surface area is 117 Å². The predicted molar refractivity (Wildman–Crippen MR) is 84.9 cm³/mol. The fraction of sp³-hybridized carbons (Fsp3) is 1.00. The molecule has 0 aromatic heterocycles. The molecule has 110 valence electrons. The Kier molecular flexibility index (Phi) is 9.87. The second-order valence-electron chi connectivity index (χ2n) is 6.88. The van der Waals surface area contributed by atoms with Gasteiger partial charge in [0.05, 0.1) is 0 Å². The molecule has 0 aromatic rings. The molecule has 0 radical (unpaired) electrons. The van der Waals surface area contributed by atoms with Gasteiger partial charge in [0.25, 0.3) is 0 Å². The molecular weight excluding hydrogens is 216 g/mol. The average Bonchev–Trinajstić information content (AvgIpc) is 2.36. The maximum Gasteiger partial charge on any atom is -0.0386 e. The first-order chi connectivity index (χ1) is 8.46. The van der Waals surface area contributed by atoms with E-state index in [2.05, 4.69) is 48.5 Å². The summed E-state index contributed by atoms with van der Waals surface area (Å²) >= 11 is 0. The van der Waals surface area contributed by atoms with Crippen molar-refractivity contribution in [1.82, 2.24) is 0 Å². The minimum atomic E-state index is 0.845. The Morgan fingerprint density at radius 1 is 0.667 bits per heavy atom. The summed E-state index contributed by atoms with van der Waals surface area (Å²) in [4.78, 5) is 0. The van der Waals surface area contributed by atoms with Crippen LogP contribution in [-0.2, 0) is 0 Å². The van der Waals surface area contributed by atoms with Crippen molar-refractivity contribution in [2.24, 2.45) is 29.6 Å². The first-order valence-corrected chi connectivity index (χ1v) is 8.46. The number of hydrogen-bond donors (Lipinski definition) is 0. The van der Waals surface area contributed by atoms with E-state index >= 15 is 0 Å². The Bertz CT molecular complexity index is 182. The summed E-state index contributed by atoms with van der Waals surface area (Å²) in [5.41, 5.74) is 0. The maximum atomic E-state index is 2.42. The highest BCUT2D eigenvalue weighted by atomic mass is 14.3. The van der Waals surface area contributed by atoms with Crippen LogP contribution in [0.4, 0.5) is 0 Å². The molecule has 0 aliphatic heterocycles. The standard InChI is InChI=1S/C18H38/c1-8-15(6)13-18(10-3)17(9-2)12-11-16(7)14(4)5/h14-18H,8-13H2,1-7H3. The van der Waals surface area contributed by atoms with E-state index in [9.17, 15) is 0 Å². The predicted octanol–water partition coefficient (Wildman–Crippen LogP) is 6.55. The summed E-state index contributed by atoms with van der Waals surface area (Å²) in [5, 5.41) is 0. The smallest absolute Gasteiger partial charge is 0.0386 e. The van der Waals surface area contributed by atoms with Crippen molar-refractivity contribution in [2.45, 2.75) is 87.0 Å². The van der Waals surface area contributed by atoms with Crippen LogP contribution in [0.3, 0.4) is 0 Å². The molecule has 0 saturated heterocycles. The van der Waals surface area contributed by atoms with Crippen LogP contribution in [0.25, 0.3) is 0 Å². The molecule has 0 saturated carbocycles. The van der Waals surface area contributed by atoms with Gasteiger partial charge in [-0.1, -0.05) is 74.1 Å². The van der Waals surface area contributed by atoms with Crippen molar-refractivity contribution in [3.8, 4) is 0 Å². The summed E-state index contributed by atoms with van der Waals surface area (Å²) in [5.74, 6) is 4.57. The number of hydrogen-bond acceptors (Lipinski definition) is 0. The van der Waals surface area contributed by atoms with E-state index in [4.69, 9.17) is 0 Å². The first-order valence-electron chi connectivity index (χ1n) is 8.46. The third-order valence-corrected chi connectivity index (χ3v) is 5.25. The van der Waals surface area contributed by atoms with E-state index in [1.54, 1.807) is 0 Å². The van der Waals surface area contributed by atoms with Gasteiger partial charge in [0.2, 0.25) is 0 Å². The van der Waals surface area contributed by atoms with Crippen molar-refractivity contribution in [3.05, 3.63) is 0 Å². The van der Waals surface area contributed by atoms with Crippen molar-refractivity contribution < 1.29 is 0 Å². The van der Waals surface area contributed by atoms with Gasteiger partial charge in [-0.3, -0.25) is 0 Å². The Balaban J connectivity index is 4.26. The highest BCUT2D eigenvalue weighted by Gasteiger charge is 2.21. The zero-order chi connectivity index (χ0) is 14.1. The third kappa shape index (κ3) is 6.81. The lowest BCUT2D eigenvalue weighted by molar-refractivity contribution is 0.222. The van der Waals surface area contributed by atoms with E-state index < -0.39 is 0 Å². The van der Waals surface area contributed by atoms with E-state index in [1.165, 1.54) is 38.5 Å². The second kappa shape index (κ2) is 9.87. The molecule has 0 spiro atoms. The molecule has 0 heterocycles. The van der Waals surface area contributed by atoms with Crippen molar-refractivity contribution >= 4 is 0 Å². The van der Waals surface area contributed by atoms with Crippen molar-refractivity contribution in [2.75, 3.05) is 0 Å². The molecule has 0 aliphatic rings. The Morgan fingerprint density at radius 2 is 1.22 bits per heavy atom. The summed E-state index contributed by atoms with van der Waals surface area (Å²) in [6.07, 6.45) is 8.41. The van der Waals surface area contributed by atoms with E-state index in [0.717, 1.165) is 29.6 Å². The molecule has 0 aromatic carbocycles. The molecule has 18 heavy (non-hydrogen) atoms. The SMILES string of the molecule is CCC(C)CC(CC)C(CC)CCC(C)C(C)C. The lowest BCUT2D eigenvalue weighted by Gasteiger charge is -2.29. The summed E-state index contributed by atoms with van der Waals surface area (Å²) < 4.78 is 0. The molecular formula is C18H38. The lowest BCUT2D eigenvalue weighted by Crippen LogP contribution is -2.18. The van der Waals surface area contributed by atoms with Crippen LogP contribution in [-0.4, -0.2) is 0 Å². The quantitative estimate of drug-likeness (QED) is 0.415. The highest BCUT2D eigenvalue weighted by Crippen LogP contribution is 2.32. The topological polar surface area (TPSA) is 0 Å². The highest BCUT2D eigenvalue weighted by molar-refractivity contribution is 4.72. The second-order valence-corrected chi connectivity index (χ2v) is 6.88. The van der Waals surface area contributed by atoms with Gasteiger partial charge in [-0.25, -0.2) is 0 Å². The van der Waals surface area contributed by atoms with Crippen molar-refractivity contribution in [3.63, 3.8) is 0 Å². The Hall–Kier alpha value is 0. The minimum Gasteiger partial charge on any atom is -0.0651 e. The normalized spacial score (nSPS) is 18.7. The summed E-state index contributed by atoms with van der Waals surface area (Å²) in [6.45, 7) is 16.7. The van der Waals surface area contributed by atoms with E-state index in [-0.39, 0.29) is 0 Å². The lowest BCUT2D eigenvalue weighted by atomic mass is 9.77. The van der Waals surface area contributed by atoms with Crippen LogP contribution >= 0.6 is 0 Å². The fourth-order valence-corrected chi connectivity index (χ4v) is 2.96. The van der Waals surface area contributed by atoms with Gasteiger partial charge in [-0.05, 0) is 42.4 Å². The molecule has 0 fully saturated rings. The van der Waals surface area contributed by atoms with Crippen LogP contribution < -0.4 is 0 Å². The molecule has 0 nitrogen and oxygen atoms in total. The minimum absolute atomic E-state index is 0.845. The van der Waals surface area contributed by atoms with Crippen LogP contribution in [0.2, 0.25) is 0 Å². The van der Waals surface area contributed by atoms with Gasteiger partial charge in [-0.15, -0.1) is 0 Å².